The average Bonchev–Trinajstić information content (AvgIpc) is 3.34. The van der Waals surface area contributed by atoms with Crippen molar-refractivity contribution in [3.05, 3.63) is 48.0 Å². The van der Waals surface area contributed by atoms with Gasteiger partial charge in [0.25, 0.3) is 0 Å². The third-order valence-corrected chi connectivity index (χ3v) is 5.64. The number of carbonyl (C=O) groups excluding carboxylic acids is 1. The minimum atomic E-state index is -0.181. The zero-order valence-electron chi connectivity index (χ0n) is 14.9. The molecular formula is C19H18N4O3S. The number of rotatable bonds is 5. The highest BCUT2D eigenvalue weighted by molar-refractivity contribution is 8.01. The average molecular weight is 382 g/mol. The molecule has 1 atom stereocenters. The molecule has 3 aromatic rings. The molecule has 2 heterocycles. The number of nitrogens with zero attached hydrogens (tertiary/aromatic N) is 2. The molecule has 7 nitrogen and oxygen atoms in total. The number of thioether (sulfide) groups is 1. The zero-order valence-corrected chi connectivity index (χ0v) is 15.7. The van der Waals surface area contributed by atoms with Crippen LogP contribution in [0.3, 0.4) is 0 Å². The number of ether oxygens (including phenoxy) is 2. The standard InChI is InChI=1S/C19H18N4O3S/c1-25-12-7-8-13(14(10-12)26-2)17-20-19(23-22-17)21-18(24)16-9-11-5-3-4-6-15(11)27-16/h3-8,10,16H,9H2,1-2H3,(H2,20,21,22,23,24). The van der Waals surface area contributed by atoms with Crippen molar-refractivity contribution in [3.8, 4) is 22.9 Å². The molecule has 0 saturated carbocycles. The fourth-order valence-corrected chi connectivity index (χ4v) is 4.15. The molecule has 0 saturated heterocycles. The van der Waals surface area contributed by atoms with Crippen LogP contribution in [0.15, 0.2) is 47.4 Å². The number of hydrogen-bond acceptors (Lipinski definition) is 6. The van der Waals surface area contributed by atoms with Crippen LogP contribution in [0.1, 0.15) is 5.56 Å². The van der Waals surface area contributed by atoms with E-state index in [4.69, 9.17) is 9.47 Å². The second-order valence-electron chi connectivity index (χ2n) is 5.98. The lowest BCUT2D eigenvalue weighted by Gasteiger charge is -2.08. The van der Waals surface area contributed by atoms with Crippen molar-refractivity contribution in [2.45, 2.75) is 16.6 Å². The van der Waals surface area contributed by atoms with Crippen LogP contribution in [0, 0.1) is 0 Å². The molecule has 1 unspecified atom stereocenters. The third-order valence-electron chi connectivity index (χ3n) is 4.32. The van der Waals surface area contributed by atoms with Gasteiger partial charge in [-0.1, -0.05) is 18.2 Å². The summed E-state index contributed by atoms with van der Waals surface area (Å²) in [6.07, 6.45) is 0.705. The largest absolute Gasteiger partial charge is 0.497 e. The summed E-state index contributed by atoms with van der Waals surface area (Å²) in [5.41, 5.74) is 1.93. The smallest absolute Gasteiger partial charge is 0.249 e. The van der Waals surface area contributed by atoms with Crippen LogP contribution in [0.5, 0.6) is 11.5 Å². The maximum Gasteiger partial charge on any atom is 0.249 e. The maximum atomic E-state index is 12.6. The number of hydrogen-bond donors (Lipinski definition) is 2. The number of fused-ring (bicyclic) bond motifs is 1. The first kappa shape index (κ1) is 17.4. The Morgan fingerprint density at radius 1 is 1.22 bits per heavy atom. The highest BCUT2D eigenvalue weighted by atomic mass is 32.2. The van der Waals surface area contributed by atoms with E-state index in [0.29, 0.717) is 23.7 Å². The van der Waals surface area contributed by atoms with Crippen LogP contribution < -0.4 is 14.8 Å². The molecule has 1 aliphatic heterocycles. The monoisotopic (exact) mass is 382 g/mol. The first-order valence-corrected chi connectivity index (χ1v) is 9.26. The Hall–Kier alpha value is -3.00. The lowest BCUT2D eigenvalue weighted by molar-refractivity contribution is -0.115. The number of aromatic nitrogens is 3. The predicted molar refractivity (Wildman–Crippen MR) is 103 cm³/mol. The topological polar surface area (TPSA) is 89.1 Å². The van der Waals surface area contributed by atoms with E-state index in [1.54, 1.807) is 32.0 Å². The fraction of sp³-hybridized carbons (Fsp3) is 0.211. The van der Waals surface area contributed by atoms with Crippen molar-refractivity contribution >= 4 is 23.6 Å². The van der Waals surface area contributed by atoms with Gasteiger partial charge in [0, 0.05) is 11.0 Å². The molecule has 0 spiro atoms. The summed E-state index contributed by atoms with van der Waals surface area (Å²) in [6.45, 7) is 0. The van der Waals surface area contributed by atoms with E-state index in [2.05, 4.69) is 26.6 Å². The van der Waals surface area contributed by atoms with Gasteiger partial charge in [-0.15, -0.1) is 16.9 Å². The molecule has 0 bridgehead atoms. The first-order chi connectivity index (χ1) is 13.2. The van der Waals surface area contributed by atoms with E-state index >= 15 is 0 Å². The van der Waals surface area contributed by atoms with Crippen LogP contribution in [-0.2, 0) is 11.2 Å². The van der Waals surface area contributed by atoms with Gasteiger partial charge in [-0.2, -0.15) is 4.98 Å². The Bertz CT molecular complexity index is 964. The van der Waals surface area contributed by atoms with Gasteiger partial charge in [-0.25, -0.2) is 0 Å². The van der Waals surface area contributed by atoms with Crippen molar-refractivity contribution in [2.75, 3.05) is 19.5 Å². The molecule has 4 rings (SSSR count). The summed E-state index contributed by atoms with van der Waals surface area (Å²) in [4.78, 5) is 18.1. The number of aromatic amines is 1. The lowest BCUT2D eigenvalue weighted by atomic mass is 10.1. The van der Waals surface area contributed by atoms with Gasteiger partial charge in [0.2, 0.25) is 11.9 Å². The van der Waals surface area contributed by atoms with Crippen LogP contribution in [-0.4, -0.2) is 40.6 Å². The number of carbonyl (C=O) groups is 1. The molecular weight excluding hydrogens is 364 g/mol. The summed E-state index contributed by atoms with van der Waals surface area (Å²) in [5, 5.41) is 9.56. The van der Waals surface area contributed by atoms with Gasteiger partial charge in [0.15, 0.2) is 5.82 Å². The molecule has 27 heavy (non-hydrogen) atoms. The quantitative estimate of drug-likeness (QED) is 0.705. The summed E-state index contributed by atoms with van der Waals surface area (Å²) >= 11 is 1.57. The van der Waals surface area contributed by atoms with Crippen LogP contribution >= 0.6 is 11.8 Å². The van der Waals surface area contributed by atoms with Gasteiger partial charge in [0.1, 0.15) is 11.5 Å². The molecule has 0 fully saturated rings. The van der Waals surface area contributed by atoms with Crippen molar-refractivity contribution in [3.63, 3.8) is 0 Å². The number of H-pyrrole nitrogens is 1. The SMILES string of the molecule is COc1ccc(-c2nc(NC(=O)C3Cc4ccccc4S3)n[nH]2)c(OC)c1. The number of anilines is 1. The Balaban J connectivity index is 1.48. The van der Waals surface area contributed by atoms with Gasteiger partial charge in [0.05, 0.1) is 25.0 Å². The number of benzene rings is 2. The van der Waals surface area contributed by atoms with Gasteiger partial charge in [-0.3, -0.25) is 15.2 Å². The first-order valence-electron chi connectivity index (χ1n) is 8.38. The van der Waals surface area contributed by atoms with E-state index in [1.807, 2.05) is 30.3 Å². The van der Waals surface area contributed by atoms with Crippen molar-refractivity contribution in [1.82, 2.24) is 15.2 Å². The zero-order chi connectivity index (χ0) is 18.8. The van der Waals surface area contributed by atoms with E-state index in [1.165, 1.54) is 5.56 Å². The second-order valence-corrected chi connectivity index (χ2v) is 7.23. The lowest BCUT2D eigenvalue weighted by Crippen LogP contribution is -2.25. The van der Waals surface area contributed by atoms with Gasteiger partial charge >= 0.3 is 0 Å². The normalized spacial score (nSPS) is 15.3. The van der Waals surface area contributed by atoms with Crippen LogP contribution in [0.4, 0.5) is 5.95 Å². The molecule has 0 radical (unpaired) electrons. The van der Waals surface area contributed by atoms with Crippen molar-refractivity contribution in [1.29, 1.82) is 0 Å². The highest BCUT2D eigenvalue weighted by Gasteiger charge is 2.28. The predicted octanol–water partition coefficient (Wildman–Crippen LogP) is 3.14. The third kappa shape index (κ3) is 3.48. The van der Waals surface area contributed by atoms with E-state index in [9.17, 15) is 4.79 Å². The number of amides is 1. The van der Waals surface area contributed by atoms with Crippen LogP contribution in [0.2, 0.25) is 0 Å². The molecule has 8 heteroatoms. The molecule has 0 aliphatic carbocycles. The highest BCUT2D eigenvalue weighted by Crippen LogP contribution is 2.37. The fourth-order valence-electron chi connectivity index (χ4n) is 2.95. The summed E-state index contributed by atoms with van der Waals surface area (Å²) < 4.78 is 10.6. The van der Waals surface area contributed by atoms with E-state index in [0.717, 1.165) is 10.5 Å². The molecule has 2 N–H and O–H groups in total. The summed E-state index contributed by atoms with van der Waals surface area (Å²) in [5.74, 6) is 1.92. The molecule has 138 valence electrons. The summed E-state index contributed by atoms with van der Waals surface area (Å²) in [7, 11) is 3.17. The van der Waals surface area contributed by atoms with Gasteiger partial charge in [-0.05, 0) is 30.2 Å². The minimum Gasteiger partial charge on any atom is -0.497 e. The van der Waals surface area contributed by atoms with Crippen LogP contribution in [0.25, 0.3) is 11.4 Å². The van der Waals surface area contributed by atoms with E-state index in [-0.39, 0.29) is 17.1 Å². The Morgan fingerprint density at radius 2 is 2.07 bits per heavy atom. The second kappa shape index (κ2) is 7.32. The summed E-state index contributed by atoms with van der Waals surface area (Å²) in [6, 6.07) is 13.5. The number of methoxy groups -OCH3 is 2. The Kier molecular flexibility index (Phi) is 4.72. The maximum absolute atomic E-state index is 12.6. The Labute approximate surface area is 160 Å². The Morgan fingerprint density at radius 3 is 2.85 bits per heavy atom. The van der Waals surface area contributed by atoms with Crippen molar-refractivity contribution in [2.24, 2.45) is 0 Å². The van der Waals surface area contributed by atoms with Gasteiger partial charge < -0.3 is 9.47 Å². The van der Waals surface area contributed by atoms with E-state index < -0.39 is 0 Å². The number of nitrogens with one attached hydrogen (secondary N) is 2. The molecule has 1 aliphatic rings. The molecule has 1 aromatic heterocycles. The van der Waals surface area contributed by atoms with Crippen molar-refractivity contribution < 1.29 is 14.3 Å². The molecule has 1 amide bonds. The minimum absolute atomic E-state index is 0.108. The molecule has 2 aromatic carbocycles.